The highest BCUT2D eigenvalue weighted by molar-refractivity contribution is 5.84. The molecule has 1 aliphatic rings. The maximum atomic E-state index is 11.6. The molecule has 0 unspecified atom stereocenters. The third-order valence-electron chi connectivity index (χ3n) is 6.05. The Balaban J connectivity index is 1.93. The lowest BCUT2D eigenvalue weighted by Crippen LogP contribution is -2.38. The second-order valence-corrected chi connectivity index (χ2v) is 9.03. The fourth-order valence-corrected chi connectivity index (χ4v) is 4.03. The zero-order valence-electron chi connectivity index (χ0n) is 19.1. The number of aliphatic carboxylic acids is 1. The maximum absolute atomic E-state index is 11.6. The molecule has 1 fully saturated rings. The molecule has 0 radical (unpaired) electrons. The van der Waals surface area contributed by atoms with Gasteiger partial charge in [0, 0.05) is 56.2 Å². The summed E-state index contributed by atoms with van der Waals surface area (Å²) < 4.78 is 10.8. The molecule has 1 N–H and O–H groups in total. The summed E-state index contributed by atoms with van der Waals surface area (Å²) in [6.07, 6.45) is 4.85. The van der Waals surface area contributed by atoms with E-state index in [1.54, 1.807) is 7.11 Å². The Morgan fingerprint density at radius 1 is 1.16 bits per heavy atom. The lowest BCUT2D eigenvalue weighted by Gasteiger charge is -2.40. The monoisotopic (exact) mass is 426 g/mol. The van der Waals surface area contributed by atoms with Crippen molar-refractivity contribution in [3.05, 3.63) is 41.7 Å². The molecule has 31 heavy (non-hydrogen) atoms. The van der Waals surface area contributed by atoms with Crippen molar-refractivity contribution in [3.8, 4) is 16.9 Å². The van der Waals surface area contributed by atoms with Crippen LogP contribution < -0.4 is 9.64 Å². The molecule has 0 bridgehead atoms. The van der Waals surface area contributed by atoms with Gasteiger partial charge in [-0.15, -0.1) is 0 Å². The van der Waals surface area contributed by atoms with Crippen LogP contribution in [0.3, 0.4) is 0 Å². The zero-order chi connectivity index (χ0) is 22.4. The summed E-state index contributed by atoms with van der Waals surface area (Å²) in [4.78, 5) is 18.5. The highest BCUT2D eigenvalue weighted by atomic mass is 16.5. The van der Waals surface area contributed by atoms with Crippen LogP contribution in [0.25, 0.3) is 11.1 Å². The molecule has 1 aromatic heterocycles. The molecule has 2 aromatic rings. The number of methoxy groups -OCH3 is 1. The number of carboxylic acids is 1. The minimum absolute atomic E-state index is 0.0252. The predicted molar refractivity (Wildman–Crippen MR) is 123 cm³/mol. The SMILES string of the molecule is COCCCOc1ccc(-c2cnc(C)c(CC(=O)O)c2N2CCC(C)(C)CC2)cc1. The summed E-state index contributed by atoms with van der Waals surface area (Å²) in [5, 5.41) is 9.54. The van der Waals surface area contributed by atoms with Crippen molar-refractivity contribution in [1.82, 2.24) is 4.98 Å². The molecule has 1 saturated heterocycles. The van der Waals surface area contributed by atoms with Crippen molar-refractivity contribution in [2.45, 2.75) is 46.5 Å². The summed E-state index contributed by atoms with van der Waals surface area (Å²) in [5.74, 6) is -0.0209. The van der Waals surface area contributed by atoms with E-state index in [0.29, 0.717) is 18.6 Å². The standard InChI is InChI=1S/C25H34N2O4/c1-18-21(16-23(28)29)24(27-12-10-25(2,3)11-13-27)22(17-26-18)19-6-8-20(9-7-19)31-15-5-14-30-4/h6-9,17H,5,10-16H2,1-4H3,(H,28,29). The number of piperidine rings is 1. The van der Waals surface area contributed by atoms with Gasteiger partial charge < -0.3 is 19.5 Å². The van der Waals surface area contributed by atoms with Gasteiger partial charge in [-0.25, -0.2) is 0 Å². The molecule has 0 saturated carbocycles. The van der Waals surface area contributed by atoms with Crippen molar-refractivity contribution in [3.63, 3.8) is 0 Å². The number of nitrogens with zero attached hydrogens (tertiary/aromatic N) is 2. The third kappa shape index (κ3) is 5.97. The van der Waals surface area contributed by atoms with E-state index in [0.717, 1.165) is 66.2 Å². The molecule has 0 amide bonds. The molecule has 168 valence electrons. The Morgan fingerprint density at radius 2 is 1.84 bits per heavy atom. The largest absolute Gasteiger partial charge is 0.494 e. The van der Waals surface area contributed by atoms with E-state index in [4.69, 9.17) is 9.47 Å². The highest BCUT2D eigenvalue weighted by Gasteiger charge is 2.29. The van der Waals surface area contributed by atoms with E-state index in [2.05, 4.69) is 23.7 Å². The quantitative estimate of drug-likeness (QED) is 0.585. The molecule has 0 aliphatic carbocycles. The van der Waals surface area contributed by atoms with Crippen LogP contribution in [0.1, 0.15) is 44.4 Å². The molecule has 1 aromatic carbocycles. The van der Waals surface area contributed by atoms with Crippen LogP contribution in [0.5, 0.6) is 5.75 Å². The number of aryl methyl sites for hydroxylation is 1. The Hall–Kier alpha value is -2.60. The normalized spacial score (nSPS) is 15.7. The average molecular weight is 427 g/mol. The fourth-order valence-electron chi connectivity index (χ4n) is 4.03. The first kappa shape index (κ1) is 23.1. The second-order valence-electron chi connectivity index (χ2n) is 9.03. The van der Waals surface area contributed by atoms with Gasteiger partial charge in [-0.1, -0.05) is 26.0 Å². The zero-order valence-corrected chi connectivity index (χ0v) is 19.1. The van der Waals surface area contributed by atoms with Crippen LogP contribution in [0.2, 0.25) is 0 Å². The lowest BCUT2D eigenvalue weighted by atomic mass is 9.82. The van der Waals surface area contributed by atoms with Crippen molar-refractivity contribution in [2.75, 3.05) is 38.3 Å². The lowest BCUT2D eigenvalue weighted by molar-refractivity contribution is -0.136. The molecule has 6 heteroatoms. The minimum atomic E-state index is -0.833. The molecule has 0 spiro atoms. The number of hydrogen-bond donors (Lipinski definition) is 1. The van der Waals surface area contributed by atoms with E-state index in [-0.39, 0.29) is 6.42 Å². The van der Waals surface area contributed by atoms with Gasteiger partial charge in [0.15, 0.2) is 0 Å². The van der Waals surface area contributed by atoms with Crippen molar-refractivity contribution < 1.29 is 19.4 Å². The first-order valence-corrected chi connectivity index (χ1v) is 11.0. The molecule has 0 atom stereocenters. The second kappa shape index (κ2) is 10.1. The van der Waals surface area contributed by atoms with E-state index in [1.165, 1.54) is 0 Å². The molecule has 3 rings (SSSR count). The van der Waals surface area contributed by atoms with Gasteiger partial charge in [0.25, 0.3) is 0 Å². The number of rotatable bonds is 9. The Kier molecular flexibility index (Phi) is 7.55. The Bertz CT molecular complexity index is 883. The van der Waals surface area contributed by atoms with Gasteiger partial charge in [-0.2, -0.15) is 0 Å². The Morgan fingerprint density at radius 3 is 2.45 bits per heavy atom. The van der Waals surface area contributed by atoms with Crippen LogP contribution in [-0.4, -0.2) is 49.5 Å². The van der Waals surface area contributed by atoms with Crippen molar-refractivity contribution >= 4 is 11.7 Å². The number of carboxylic acid groups (broad SMARTS) is 1. The summed E-state index contributed by atoms with van der Waals surface area (Å²) in [5.41, 5.74) is 4.91. The van der Waals surface area contributed by atoms with Crippen LogP contribution in [0.15, 0.2) is 30.5 Å². The number of aromatic nitrogens is 1. The molecule has 6 nitrogen and oxygen atoms in total. The van der Waals surface area contributed by atoms with E-state index >= 15 is 0 Å². The Labute approximate surface area is 185 Å². The summed E-state index contributed by atoms with van der Waals surface area (Å²) in [6, 6.07) is 7.98. The predicted octanol–water partition coefficient (Wildman–Crippen LogP) is 4.73. The van der Waals surface area contributed by atoms with Gasteiger partial charge in [-0.05, 0) is 42.9 Å². The smallest absolute Gasteiger partial charge is 0.307 e. The summed E-state index contributed by atoms with van der Waals surface area (Å²) in [7, 11) is 1.68. The molecule has 2 heterocycles. The van der Waals surface area contributed by atoms with E-state index in [1.807, 2.05) is 37.4 Å². The van der Waals surface area contributed by atoms with Gasteiger partial charge >= 0.3 is 5.97 Å². The number of carbonyl (C=O) groups is 1. The maximum Gasteiger partial charge on any atom is 0.307 e. The van der Waals surface area contributed by atoms with Gasteiger partial charge in [0.2, 0.25) is 0 Å². The van der Waals surface area contributed by atoms with Gasteiger partial charge in [0.05, 0.1) is 18.7 Å². The van der Waals surface area contributed by atoms with E-state index < -0.39 is 5.97 Å². The van der Waals surface area contributed by atoms with Crippen LogP contribution in [-0.2, 0) is 16.0 Å². The third-order valence-corrected chi connectivity index (χ3v) is 6.05. The number of pyridine rings is 1. The summed E-state index contributed by atoms with van der Waals surface area (Å²) in [6.45, 7) is 9.61. The van der Waals surface area contributed by atoms with Crippen LogP contribution >= 0.6 is 0 Å². The average Bonchev–Trinajstić information content (AvgIpc) is 2.73. The van der Waals surface area contributed by atoms with Crippen molar-refractivity contribution in [1.29, 1.82) is 0 Å². The molecular formula is C25H34N2O4. The van der Waals surface area contributed by atoms with Gasteiger partial charge in [-0.3, -0.25) is 9.78 Å². The number of benzene rings is 1. The molecule has 1 aliphatic heterocycles. The van der Waals surface area contributed by atoms with Gasteiger partial charge in [0.1, 0.15) is 5.75 Å². The fraction of sp³-hybridized carbons (Fsp3) is 0.520. The minimum Gasteiger partial charge on any atom is -0.494 e. The van der Waals surface area contributed by atoms with Crippen LogP contribution in [0, 0.1) is 12.3 Å². The number of hydrogen-bond acceptors (Lipinski definition) is 5. The van der Waals surface area contributed by atoms with Crippen molar-refractivity contribution in [2.24, 2.45) is 5.41 Å². The number of anilines is 1. The van der Waals surface area contributed by atoms with Crippen LogP contribution in [0.4, 0.5) is 5.69 Å². The molecular weight excluding hydrogens is 392 g/mol. The van der Waals surface area contributed by atoms with E-state index in [9.17, 15) is 9.90 Å². The first-order valence-electron chi connectivity index (χ1n) is 11.0. The summed E-state index contributed by atoms with van der Waals surface area (Å²) >= 11 is 0. The highest BCUT2D eigenvalue weighted by Crippen LogP contribution is 2.40. The topological polar surface area (TPSA) is 71.9 Å². The number of ether oxygens (including phenoxy) is 2. The first-order chi connectivity index (χ1) is 14.8.